The summed E-state index contributed by atoms with van der Waals surface area (Å²) in [5.41, 5.74) is 2.48. The normalized spacial score (nSPS) is 16.0. The van der Waals surface area contributed by atoms with Gasteiger partial charge in [0, 0.05) is 31.2 Å². The summed E-state index contributed by atoms with van der Waals surface area (Å²) in [7, 11) is 1.92. The molecule has 0 saturated carbocycles. The van der Waals surface area contributed by atoms with Crippen LogP contribution in [0.25, 0.3) is 0 Å². The van der Waals surface area contributed by atoms with Crippen molar-refractivity contribution in [3.63, 3.8) is 0 Å². The van der Waals surface area contributed by atoms with Crippen LogP contribution in [0.4, 0.5) is 0 Å². The molecule has 0 radical (unpaired) electrons. The molecule has 1 amide bonds. The van der Waals surface area contributed by atoms with E-state index >= 15 is 0 Å². The molecule has 1 aliphatic heterocycles. The quantitative estimate of drug-likeness (QED) is 0.622. The summed E-state index contributed by atoms with van der Waals surface area (Å²) >= 11 is 3.48. The summed E-state index contributed by atoms with van der Waals surface area (Å²) in [5, 5.41) is 14.8. The van der Waals surface area contributed by atoms with Gasteiger partial charge in [-0.3, -0.25) is 9.69 Å². The van der Waals surface area contributed by atoms with E-state index in [0.29, 0.717) is 6.54 Å². The van der Waals surface area contributed by atoms with Gasteiger partial charge in [0.05, 0.1) is 5.92 Å². The molecule has 1 saturated heterocycles. The standard InChI is InChI=1S/C21H25BrN2O.C2H2O4/c1-23(14-17-6-3-2-4-7-17)21(25)19-8-5-13-24(16-19)15-18-9-11-20(22)12-10-18;3-1(4)2(5)6/h2-4,6-7,9-12,19H,5,8,13-16H2,1H3;(H,3,4)(H,5,6). The van der Waals surface area contributed by atoms with E-state index in [4.69, 9.17) is 19.8 Å². The fourth-order valence-corrected chi connectivity index (χ4v) is 3.76. The molecule has 1 aliphatic rings. The van der Waals surface area contributed by atoms with Crippen LogP contribution in [0.2, 0.25) is 0 Å². The third-order valence-corrected chi connectivity index (χ3v) is 5.52. The molecule has 0 spiro atoms. The van der Waals surface area contributed by atoms with Crippen LogP contribution < -0.4 is 0 Å². The van der Waals surface area contributed by atoms with E-state index in [1.54, 1.807) is 0 Å². The number of hydrogen-bond donors (Lipinski definition) is 2. The summed E-state index contributed by atoms with van der Waals surface area (Å²) in [4.78, 5) is 35.3. The molecule has 2 N–H and O–H groups in total. The fourth-order valence-electron chi connectivity index (χ4n) is 3.50. The van der Waals surface area contributed by atoms with Crippen molar-refractivity contribution in [2.24, 2.45) is 5.92 Å². The minimum Gasteiger partial charge on any atom is -0.473 e. The molecule has 1 unspecified atom stereocenters. The average molecular weight is 491 g/mol. The van der Waals surface area contributed by atoms with Crippen LogP contribution in [-0.4, -0.2) is 58.0 Å². The highest BCUT2D eigenvalue weighted by Gasteiger charge is 2.27. The molecule has 1 fully saturated rings. The maximum absolute atomic E-state index is 12.8. The molecular formula is C23H27BrN2O5. The predicted octanol–water partition coefficient (Wildman–Crippen LogP) is 3.48. The number of nitrogens with zero attached hydrogens (tertiary/aromatic N) is 2. The summed E-state index contributed by atoms with van der Waals surface area (Å²) in [5.74, 6) is -3.27. The van der Waals surface area contributed by atoms with Gasteiger partial charge in [-0.25, -0.2) is 9.59 Å². The monoisotopic (exact) mass is 490 g/mol. The molecule has 31 heavy (non-hydrogen) atoms. The highest BCUT2D eigenvalue weighted by atomic mass is 79.9. The SMILES string of the molecule is CN(Cc1ccccc1)C(=O)C1CCCN(Cc2ccc(Br)cc2)C1.O=C(O)C(=O)O. The largest absolute Gasteiger partial charge is 0.473 e. The van der Waals surface area contributed by atoms with Crippen LogP contribution in [0.3, 0.4) is 0 Å². The number of carboxylic acids is 2. The Bertz CT molecular complexity index is 861. The van der Waals surface area contributed by atoms with Gasteiger partial charge >= 0.3 is 11.9 Å². The van der Waals surface area contributed by atoms with Gasteiger partial charge < -0.3 is 15.1 Å². The molecule has 0 aromatic heterocycles. The van der Waals surface area contributed by atoms with Crippen molar-refractivity contribution < 1.29 is 24.6 Å². The Hall–Kier alpha value is -2.71. The van der Waals surface area contributed by atoms with Crippen molar-refractivity contribution in [1.29, 1.82) is 0 Å². The Morgan fingerprint density at radius 3 is 2.19 bits per heavy atom. The van der Waals surface area contributed by atoms with Crippen molar-refractivity contribution in [2.45, 2.75) is 25.9 Å². The molecule has 1 atom stereocenters. The fraction of sp³-hybridized carbons (Fsp3) is 0.348. The number of hydrogen-bond acceptors (Lipinski definition) is 4. The lowest BCUT2D eigenvalue weighted by Crippen LogP contribution is -2.43. The summed E-state index contributed by atoms with van der Waals surface area (Å²) in [6.07, 6.45) is 2.08. The van der Waals surface area contributed by atoms with Crippen LogP contribution in [-0.2, 0) is 27.5 Å². The van der Waals surface area contributed by atoms with E-state index < -0.39 is 11.9 Å². The third kappa shape index (κ3) is 8.51. The van der Waals surface area contributed by atoms with Crippen molar-refractivity contribution in [2.75, 3.05) is 20.1 Å². The Balaban J connectivity index is 0.000000501. The summed E-state index contributed by atoms with van der Waals surface area (Å²) < 4.78 is 1.10. The van der Waals surface area contributed by atoms with E-state index in [1.165, 1.54) is 11.1 Å². The minimum atomic E-state index is -1.82. The third-order valence-electron chi connectivity index (χ3n) is 5.00. The Labute approximate surface area is 190 Å². The first-order valence-corrected chi connectivity index (χ1v) is 10.8. The summed E-state index contributed by atoms with van der Waals surface area (Å²) in [6.45, 7) is 3.53. The Kier molecular flexibility index (Phi) is 9.68. The van der Waals surface area contributed by atoms with Crippen molar-refractivity contribution in [3.8, 4) is 0 Å². The zero-order valence-corrected chi connectivity index (χ0v) is 19.0. The van der Waals surface area contributed by atoms with Crippen LogP contribution in [0.5, 0.6) is 0 Å². The highest BCUT2D eigenvalue weighted by Crippen LogP contribution is 2.21. The van der Waals surface area contributed by atoms with Gasteiger partial charge in [0.25, 0.3) is 0 Å². The molecule has 2 aromatic rings. The molecule has 7 nitrogen and oxygen atoms in total. The highest BCUT2D eigenvalue weighted by molar-refractivity contribution is 9.10. The zero-order chi connectivity index (χ0) is 22.8. The van der Waals surface area contributed by atoms with E-state index in [-0.39, 0.29) is 11.8 Å². The second kappa shape index (κ2) is 12.2. The van der Waals surface area contributed by atoms with Gasteiger partial charge in [-0.05, 0) is 42.6 Å². The van der Waals surface area contributed by atoms with Gasteiger partial charge in [0.15, 0.2) is 0 Å². The molecule has 166 valence electrons. The molecule has 0 aliphatic carbocycles. The number of aliphatic carboxylic acids is 2. The van der Waals surface area contributed by atoms with Crippen LogP contribution in [0.15, 0.2) is 59.1 Å². The molecule has 3 rings (SSSR count). The minimum absolute atomic E-state index is 0.109. The number of amides is 1. The Morgan fingerprint density at radius 2 is 1.61 bits per heavy atom. The van der Waals surface area contributed by atoms with E-state index in [1.807, 2.05) is 30.1 Å². The van der Waals surface area contributed by atoms with Crippen LogP contribution in [0, 0.1) is 5.92 Å². The lowest BCUT2D eigenvalue weighted by Gasteiger charge is -2.34. The van der Waals surface area contributed by atoms with Gasteiger partial charge in [0.1, 0.15) is 0 Å². The van der Waals surface area contributed by atoms with Crippen molar-refractivity contribution in [3.05, 3.63) is 70.2 Å². The summed E-state index contributed by atoms with van der Waals surface area (Å²) in [6, 6.07) is 18.7. The first kappa shape index (κ1) is 24.6. The van der Waals surface area contributed by atoms with Crippen molar-refractivity contribution >= 4 is 33.8 Å². The number of carbonyl (C=O) groups is 3. The smallest absolute Gasteiger partial charge is 0.414 e. The first-order valence-electron chi connectivity index (χ1n) is 9.98. The molecular weight excluding hydrogens is 464 g/mol. The topological polar surface area (TPSA) is 98.2 Å². The van der Waals surface area contributed by atoms with Crippen LogP contribution in [0.1, 0.15) is 24.0 Å². The maximum atomic E-state index is 12.8. The van der Waals surface area contributed by atoms with Gasteiger partial charge in [-0.2, -0.15) is 0 Å². The average Bonchev–Trinajstić information content (AvgIpc) is 2.76. The van der Waals surface area contributed by atoms with E-state index in [0.717, 1.165) is 36.9 Å². The van der Waals surface area contributed by atoms with Gasteiger partial charge in [-0.1, -0.05) is 58.4 Å². The van der Waals surface area contributed by atoms with Crippen LogP contribution >= 0.6 is 15.9 Å². The van der Waals surface area contributed by atoms with Gasteiger partial charge in [0.2, 0.25) is 5.91 Å². The van der Waals surface area contributed by atoms with E-state index in [9.17, 15) is 4.79 Å². The molecule has 8 heteroatoms. The number of piperidine rings is 1. The predicted molar refractivity (Wildman–Crippen MR) is 120 cm³/mol. The molecule has 1 heterocycles. The number of carbonyl (C=O) groups excluding carboxylic acids is 1. The maximum Gasteiger partial charge on any atom is 0.414 e. The molecule has 0 bridgehead atoms. The lowest BCUT2D eigenvalue weighted by molar-refractivity contribution is -0.159. The second-order valence-corrected chi connectivity index (χ2v) is 8.41. The van der Waals surface area contributed by atoms with Crippen molar-refractivity contribution in [1.82, 2.24) is 9.80 Å². The second-order valence-electron chi connectivity index (χ2n) is 7.49. The number of carboxylic acid groups (broad SMARTS) is 2. The van der Waals surface area contributed by atoms with E-state index in [2.05, 4.69) is 57.2 Å². The number of likely N-dealkylation sites (tertiary alicyclic amines) is 1. The number of benzene rings is 2. The zero-order valence-electron chi connectivity index (χ0n) is 17.4. The number of halogens is 1. The van der Waals surface area contributed by atoms with Gasteiger partial charge in [-0.15, -0.1) is 0 Å². The Morgan fingerprint density at radius 1 is 1.00 bits per heavy atom. The first-order chi connectivity index (χ1) is 14.8. The lowest BCUT2D eigenvalue weighted by atomic mass is 9.96. The molecule has 2 aromatic carbocycles. The number of rotatable bonds is 5.